The molecule has 9 nitrogen and oxygen atoms in total. The van der Waals surface area contributed by atoms with Crippen LogP contribution in [-0.2, 0) is 19.1 Å². The lowest BCUT2D eigenvalue weighted by molar-refractivity contribution is -0.155. The standard InChI is InChI=1S/C19H28N4O5S/c1-13(28-18(25)16(7-12-29-2)22-19(20)26)17(24)21-14-3-5-15(6-4-14)23-8-10-27-11-9-23/h3-6,13,16H,7-12H2,1-2H3,(H,21,24)(H3,20,22,26)/t13-,16-/m0/s1. The van der Waals surface area contributed by atoms with Crippen LogP contribution in [0.1, 0.15) is 13.3 Å². The number of nitrogens with two attached hydrogens (primary N) is 1. The number of nitrogens with one attached hydrogen (secondary N) is 2. The van der Waals surface area contributed by atoms with E-state index in [2.05, 4.69) is 15.5 Å². The third kappa shape index (κ3) is 7.47. The summed E-state index contributed by atoms with van der Waals surface area (Å²) in [6, 6.07) is 5.74. The van der Waals surface area contributed by atoms with Crippen LogP contribution in [0.4, 0.5) is 16.2 Å². The van der Waals surface area contributed by atoms with E-state index in [1.165, 1.54) is 18.7 Å². The topological polar surface area (TPSA) is 123 Å². The molecule has 0 radical (unpaired) electrons. The van der Waals surface area contributed by atoms with E-state index >= 15 is 0 Å². The molecule has 2 atom stereocenters. The molecule has 3 amide bonds. The minimum atomic E-state index is -1.02. The molecular formula is C19H28N4O5S. The summed E-state index contributed by atoms with van der Waals surface area (Å²) in [7, 11) is 0. The van der Waals surface area contributed by atoms with Gasteiger partial charge in [-0.15, -0.1) is 0 Å². The number of urea groups is 1. The number of primary amides is 1. The summed E-state index contributed by atoms with van der Waals surface area (Å²) < 4.78 is 10.6. The number of morpholine rings is 1. The molecule has 29 heavy (non-hydrogen) atoms. The number of ether oxygens (including phenoxy) is 2. The van der Waals surface area contributed by atoms with E-state index in [-0.39, 0.29) is 0 Å². The van der Waals surface area contributed by atoms with Gasteiger partial charge in [0.1, 0.15) is 6.04 Å². The maximum atomic E-state index is 12.4. The van der Waals surface area contributed by atoms with Crippen molar-refractivity contribution in [3.8, 4) is 0 Å². The molecule has 1 aromatic carbocycles. The molecule has 4 N–H and O–H groups in total. The highest BCUT2D eigenvalue weighted by molar-refractivity contribution is 7.98. The summed E-state index contributed by atoms with van der Waals surface area (Å²) in [5.41, 5.74) is 6.76. The van der Waals surface area contributed by atoms with Crippen molar-refractivity contribution in [3.05, 3.63) is 24.3 Å². The van der Waals surface area contributed by atoms with Gasteiger partial charge in [-0.2, -0.15) is 11.8 Å². The molecule has 0 bridgehead atoms. The molecule has 10 heteroatoms. The number of hydrogen-bond donors (Lipinski definition) is 3. The number of carbonyl (C=O) groups excluding carboxylic acids is 3. The van der Waals surface area contributed by atoms with Crippen LogP contribution in [0, 0.1) is 0 Å². The summed E-state index contributed by atoms with van der Waals surface area (Å²) in [6.45, 7) is 4.53. The van der Waals surface area contributed by atoms with Crippen LogP contribution in [0.2, 0.25) is 0 Å². The van der Waals surface area contributed by atoms with Gasteiger partial charge in [0.2, 0.25) is 0 Å². The highest BCUT2D eigenvalue weighted by Gasteiger charge is 2.25. The van der Waals surface area contributed by atoms with Crippen molar-refractivity contribution in [1.29, 1.82) is 0 Å². The summed E-state index contributed by atoms with van der Waals surface area (Å²) in [5.74, 6) is -0.515. The van der Waals surface area contributed by atoms with Gasteiger partial charge < -0.3 is 30.7 Å². The van der Waals surface area contributed by atoms with Gasteiger partial charge in [-0.1, -0.05) is 0 Å². The maximum Gasteiger partial charge on any atom is 0.329 e. The first-order valence-electron chi connectivity index (χ1n) is 9.39. The molecule has 1 saturated heterocycles. The summed E-state index contributed by atoms with van der Waals surface area (Å²) >= 11 is 1.52. The van der Waals surface area contributed by atoms with E-state index in [1.807, 2.05) is 18.4 Å². The first kappa shape index (κ1) is 22.8. The van der Waals surface area contributed by atoms with E-state index in [9.17, 15) is 14.4 Å². The van der Waals surface area contributed by atoms with Crippen LogP contribution in [0.3, 0.4) is 0 Å². The Morgan fingerprint density at radius 3 is 2.48 bits per heavy atom. The highest BCUT2D eigenvalue weighted by atomic mass is 32.2. The minimum absolute atomic E-state index is 0.361. The number of amides is 3. The first-order valence-corrected chi connectivity index (χ1v) is 10.8. The average molecular weight is 425 g/mol. The van der Waals surface area contributed by atoms with E-state index in [4.69, 9.17) is 15.2 Å². The van der Waals surface area contributed by atoms with Crippen molar-refractivity contribution in [3.63, 3.8) is 0 Å². The molecule has 1 aliphatic heterocycles. The second-order valence-corrected chi connectivity index (χ2v) is 7.54. The van der Waals surface area contributed by atoms with Gasteiger partial charge in [0.25, 0.3) is 5.91 Å². The normalized spacial score (nSPS) is 15.9. The number of nitrogens with zero attached hydrogens (tertiary/aromatic N) is 1. The fourth-order valence-electron chi connectivity index (χ4n) is 2.79. The van der Waals surface area contributed by atoms with E-state index < -0.39 is 30.1 Å². The highest BCUT2D eigenvalue weighted by Crippen LogP contribution is 2.19. The molecule has 2 rings (SSSR count). The molecule has 0 spiro atoms. The molecule has 160 valence electrons. The lowest BCUT2D eigenvalue weighted by atomic mass is 10.2. The third-order valence-electron chi connectivity index (χ3n) is 4.38. The van der Waals surface area contributed by atoms with E-state index in [0.29, 0.717) is 31.1 Å². The van der Waals surface area contributed by atoms with Gasteiger partial charge in [0.05, 0.1) is 13.2 Å². The second-order valence-electron chi connectivity index (χ2n) is 6.56. The second kappa shape index (κ2) is 11.5. The minimum Gasteiger partial charge on any atom is -0.451 e. The smallest absolute Gasteiger partial charge is 0.329 e. The number of rotatable bonds is 9. The number of thioether (sulfide) groups is 1. The molecule has 1 fully saturated rings. The van der Waals surface area contributed by atoms with Crippen LogP contribution in [-0.4, -0.2) is 68.4 Å². The van der Waals surface area contributed by atoms with Crippen LogP contribution >= 0.6 is 11.8 Å². The Morgan fingerprint density at radius 1 is 1.24 bits per heavy atom. The van der Waals surface area contributed by atoms with Crippen molar-refractivity contribution < 1.29 is 23.9 Å². The Hall–Kier alpha value is -2.46. The molecule has 1 heterocycles. The van der Waals surface area contributed by atoms with Crippen LogP contribution in [0.5, 0.6) is 0 Å². The maximum absolute atomic E-state index is 12.4. The molecule has 1 aromatic rings. The Morgan fingerprint density at radius 2 is 1.90 bits per heavy atom. The summed E-state index contributed by atoms with van der Waals surface area (Å²) in [4.78, 5) is 37.9. The molecular weight excluding hydrogens is 396 g/mol. The Bertz CT molecular complexity index is 694. The molecule has 0 saturated carbocycles. The van der Waals surface area contributed by atoms with Crippen molar-refractivity contribution in [2.75, 3.05) is 48.5 Å². The summed E-state index contributed by atoms with van der Waals surface area (Å²) in [5, 5.41) is 5.08. The van der Waals surface area contributed by atoms with E-state index in [1.54, 1.807) is 12.1 Å². The predicted molar refractivity (Wildman–Crippen MR) is 113 cm³/mol. The number of esters is 1. The van der Waals surface area contributed by atoms with Gasteiger partial charge in [-0.05, 0) is 49.6 Å². The predicted octanol–water partition coefficient (Wildman–Crippen LogP) is 1.18. The Labute approximate surface area is 174 Å². The number of benzene rings is 1. The zero-order chi connectivity index (χ0) is 21.2. The fourth-order valence-corrected chi connectivity index (χ4v) is 3.26. The van der Waals surface area contributed by atoms with Gasteiger partial charge in [-0.25, -0.2) is 9.59 Å². The van der Waals surface area contributed by atoms with Crippen molar-refractivity contribution in [1.82, 2.24) is 5.32 Å². The zero-order valence-corrected chi connectivity index (χ0v) is 17.5. The van der Waals surface area contributed by atoms with Gasteiger partial charge >= 0.3 is 12.0 Å². The Balaban J connectivity index is 1.88. The summed E-state index contributed by atoms with van der Waals surface area (Å²) in [6.07, 6.45) is 1.22. The fraction of sp³-hybridized carbons (Fsp3) is 0.526. The number of carbonyl (C=O) groups is 3. The van der Waals surface area contributed by atoms with Crippen LogP contribution in [0.15, 0.2) is 24.3 Å². The number of anilines is 2. The lowest BCUT2D eigenvalue weighted by Gasteiger charge is -2.29. The van der Waals surface area contributed by atoms with Gasteiger partial charge in [-0.3, -0.25) is 4.79 Å². The molecule has 0 aliphatic carbocycles. The van der Waals surface area contributed by atoms with Crippen LogP contribution in [0.25, 0.3) is 0 Å². The lowest BCUT2D eigenvalue weighted by Crippen LogP contribution is -2.46. The number of hydrogen-bond acceptors (Lipinski definition) is 7. The zero-order valence-electron chi connectivity index (χ0n) is 16.7. The van der Waals surface area contributed by atoms with Crippen molar-refractivity contribution in [2.24, 2.45) is 5.73 Å². The van der Waals surface area contributed by atoms with Gasteiger partial charge in [0.15, 0.2) is 6.10 Å². The van der Waals surface area contributed by atoms with Crippen molar-refractivity contribution >= 4 is 41.0 Å². The molecule has 0 aromatic heterocycles. The quantitative estimate of drug-likeness (QED) is 0.509. The molecule has 1 aliphatic rings. The monoisotopic (exact) mass is 424 g/mol. The first-order chi connectivity index (χ1) is 13.9. The van der Waals surface area contributed by atoms with Crippen LogP contribution < -0.4 is 21.3 Å². The molecule has 0 unspecified atom stereocenters. The largest absolute Gasteiger partial charge is 0.451 e. The van der Waals surface area contributed by atoms with Crippen molar-refractivity contribution in [2.45, 2.75) is 25.5 Å². The third-order valence-corrected chi connectivity index (χ3v) is 5.03. The van der Waals surface area contributed by atoms with Gasteiger partial charge in [0, 0.05) is 24.5 Å². The SMILES string of the molecule is CSCC[C@H](NC(N)=O)C(=O)O[C@@H](C)C(=O)Nc1ccc(N2CCOCC2)cc1. The van der Waals surface area contributed by atoms with E-state index in [0.717, 1.165) is 18.8 Å². The Kier molecular flexibility index (Phi) is 9.07. The average Bonchev–Trinajstić information content (AvgIpc) is 2.71.